The van der Waals surface area contributed by atoms with E-state index < -0.39 is 0 Å². The molecule has 0 aliphatic heterocycles. The number of nitrogens with zero attached hydrogens (tertiary/aromatic N) is 1. The molecule has 1 unspecified atom stereocenters. The van der Waals surface area contributed by atoms with Gasteiger partial charge >= 0.3 is 5.97 Å². The summed E-state index contributed by atoms with van der Waals surface area (Å²) in [6, 6.07) is 3.44. The zero-order valence-electron chi connectivity index (χ0n) is 12.5. The van der Waals surface area contributed by atoms with E-state index in [-0.39, 0.29) is 30.8 Å². The van der Waals surface area contributed by atoms with E-state index in [4.69, 9.17) is 4.74 Å². The Labute approximate surface area is 137 Å². The monoisotopic (exact) mass is 338 g/mol. The van der Waals surface area contributed by atoms with Crippen LogP contribution in [-0.2, 0) is 27.2 Å². The lowest BCUT2D eigenvalue weighted by atomic mass is 10.1. The Balaban J connectivity index is 1.99. The first kappa shape index (κ1) is 16.6. The van der Waals surface area contributed by atoms with Crippen LogP contribution in [0.2, 0.25) is 0 Å². The molecule has 0 spiro atoms. The van der Waals surface area contributed by atoms with E-state index >= 15 is 0 Å². The maximum absolute atomic E-state index is 12.2. The molecule has 0 aromatic carbocycles. The highest BCUT2D eigenvalue weighted by Gasteiger charge is 2.20. The number of methoxy groups -OCH3 is 1. The minimum absolute atomic E-state index is 0.125. The third-order valence-electron chi connectivity index (χ3n) is 3.06. The quantitative estimate of drug-likeness (QED) is 0.788. The van der Waals surface area contributed by atoms with Crippen molar-refractivity contribution in [3.05, 3.63) is 38.5 Å². The lowest BCUT2D eigenvalue weighted by Crippen LogP contribution is -2.31. The molecule has 2 aromatic rings. The molecule has 0 aliphatic carbocycles. The fourth-order valence-electron chi connectivity index (χ4n) is 1.96. The van der Waals surface area contributed by atoms with Crippen LogP contribution >= 0.6 is 22.7 Å². The molecule has 0 saturated heterocycles. The first-order valence-electron chi connectivity index (χ1n) is 6.95. The van der Waals surface area contributed by atoms with E-state index in [0.717, 1.165) is 22.0 Å². The van der Waals surface area contributed by atoms with Gasteiger partial charge in [-0.15, -0.1) is 22.7 Å². The SMILES string of the molecule is CCc1nc(CC(=O)NC(CC(=O)OC)c2cccs2)cs1. The van der Waals surface area contributed by atoms with Gasteiger partial charge in [0.05, 0.1) is 36.7 Å². The van der Waals surface area contributed by atoms with E-state index in [1.54, 1.807) is 11.3 Å². The Kier molecular flexibility index (Phi) is 6.09. The van der Waals surface area contributed by atoms with Crippen LogP contribution in [0, 0.1) is 0 Å². The molecule has 0 bridgehead atoms. The first-order valence-corrected chi connectivity index (χ1v) is 8.71. The van der Waals surface area contributed by atoms with E-state index in [1.807, 2.05) is 29.8 Å². The number of thiophene rings is 1. The number of hydrogen-bond acceptors (Lipinski definition) is 6. The molecule has 2 aromatic heterocycles. The van der Waals surface area contributed by atoms with E-state index in [1.165, 1.54) is 18.4 Å². The molecule has 0 radical (unpaired) electrons. The van der Waals surface area contributed by atoms with Gasteiger partial charge in [-0.3, -0.25) is 9.59 Å². The molecule has 1 amide bonds. The number of carbonyl (C=O) groups excluding carboxylic acids is 2. The van der Waals surface area contributed by atoms with E-state index in [0.29, 0.717) is 0 Å². The standard InChI is InChI=1S/C15H18N2O3S2/c1-3-14-16-10(9-22-14)7-13(18)17-11(8-15(19)20-2)12-5-4-6-21-12/h4-6,9,11H,3,7-8H2,1-2H3,(H,17,18). The zero-order valence-corrected chi connectivity index (χ0v) is 14.1. The minimum atomic E-state index is -0.357. The number of nitrogens with one attached hydrogen (secondary N) is 1. The van der Waals surface area contributed by atoms with Crippen LogP contribution in [0.5, 0.6) is 0 Å². The number of aryl methyl sites for hydroxylation is 1. The second-order valence-electron chi connectivity index (χ2n) is 4.68. The third kappa shape index (κ3) is 4.64. The normalized spacial score (nSPS) is 11.9. The number of esters is 1. The van der Waals surface area contributed by atoms with Gasteiger partial charge in [0.15, 0.2) is 0 Å². The summed E-state index contributed by atoms with van der Waals surface area (Å²) in [5.41, 5.74) is 0.766. The van der Waals surface area contributed by atoms with Gasteiger partial charge in [0.1, 0.15) is 0 Å². The summed E-state index contributed by atoms with van der Waals surface area (Å²) in [7, 11) is 1.34. The number of carbonyl (C=O) groups is 2. The maximum Gasteiger partial charge on any atom is 0.307 e. The highest BCUT2D eigenvalue weighted by Crippen LogP contribution is 2.22. The Morgan fingerprint density at radius 2 is 2.23 bits per heavy atom. The van der Waals surface area contributed by atoms with Gasteiger partial charge in [-0.05, 0) is 17.9 Å². The van der Waals surface area contributed by atoms with Crippen LogP contribution in [0.3, 0.4) is 0 Å². The molecule has 118 valence electrons. The highest BCUT2D eigenvalue weighted by molar-refractivity contribution is 7.10. The molecular weight excluding hydrogens is 320 g/mol. The van der Waals surface area contributed by atoms with Crippen LogP contribution in [0.1, 0.15) is 35.0 Å². The van der Waals surface area contributed by atoms with Crippen molar-refractivity contribution >= 4 is 34.6 Å². The van der Waals surface area contributed by atoms with E-state index in [2.05, 4.69) is 10.3 Å². The van der Waals surface area contributed by atoms with Crippen LogP contribution in [0.4, 0.5) is 0 Å². The lowest BCUT2D eigenvalue weighted by Gasteiger charge is -2.16. The smallest absolute Gasteiger partial charge is 0.307 e. The summed E-state index contributed by atoms with van der Waals surface area (Å²) in [6.07, 6.45) is 1.21. The number of rotatable bonds is 7. The van der Waals surface area contributed by atoms with Crippen LogP contribution in [0.15, 0.2) is 22.9 Å². The van der Waals surface area contributed by atoms with Gasteiger partial charge in [-0.1, -0.05) is 13.0 Å². The Bertz CT molecular complexity index is 623. The first-order chi connectivity index (χ1) is 10.6. The number of hydrogen-bond donors (Lipinski definition) is 1. The van der Waals surface area contributed by atoms with Crippen LogP contribution in [0.25, 0.3) is 0 Å². The average molecular weight is 338 g/mol. The Morgan fingerprint density at radius 1 is 1.41 bits per heavy atom. The molecule has 7 heteroatoms. The van der Waals surface area contributed by atoms with Gasteiger partial charge in [0.25, 0.3) is 0 Å². The minimum Gasteiger partial charge on any atom is -0.469 e. The van der Waals surface area contributed by atoms with Gasteiger partial charge in [-0.25, -0.2) is 4.98 Å². The molecule has 0 aliphatic rings. The third-order valence-corrected chi connectivity index (χ3v) is 5.09. The Hall–Kier alpha value is -1.73. The van der Waals surface area contributed by atoms with E-state index in [9.17, 15) is 9.59 Å². The second-order valence-corrected chi connectivity index (χ2v) is 6.60. The van der Waals surface area contributed by atoms with Crippen molar-refractivity contribution in [3.63, 3.8) is 0 Å². The largest absolute Gasteiger partial charge is 0.469 e. The van der Waals surface area contributed by atoms with Crippen LogP contribution in [-0.4, -0.2) is 24.0 Å². The van der Waals surface area contributed by atoms with Crippen molar-refractivity contribution in [1.29, 1.82) is 0 Å². The molecule has 2 rings (SSSR count). The topological polar surface area (TPSA) is 68.3 Å². The summed E-state index contributed by atoms with van der Waals surface area (Å²) >= 11 is 3.06. The predicted molar refractivity (Wildman–Crippen MR) is 87.0 cm³/mol. The van der Waals surface area contributed by atoms with Crippen molar-refractivity contribution in [2.24, 2.45) is 0 Å². The number of aromatic nitrogens is 1. The summed E-state index contributed by atoms with van der Waals surface area (Å²) < 4.78 is 4.70. The summed E-state index contributed by atoms with van der Waals surface area (Å²) in [4.78, 5) is 29.0. The number of amides is 1. The molecule has 0 saturated carbocycles. The maximum atomic E-state index is 12.2. The van der Waals surface area contributed by atoms with Gasteiger partial charge in [-0.2, -0.15) is 0 Å². The van der Waals surface area contributed by atoms with Crippen molar-refractivity contribution in [1.82, 2.24) is 10.3 Å². The van der Waals surface area contributed by atoms with Crippen LogP contribution < -0.4 is 5.32 Å². The fourth-order valence-corrected chi connectivity index (χ4v) is 3.49. The Morgan fingerprint density at radius 3 is 2.82 bits per heavy atom. The molecule has 22 heavy (non-hydrogen) atoms. The van der Waals surface area contributed by atoms with Gasteiger partial charge in [0.2, 0.25) is 5.91 Å². The molecule has 2 heterocycles. The average Bonchev–Trinajstić information content (AvgIpc) is 3.17. The van der Waals surface area contributed by atoms with Crippen molar-refractivity contribution in [2.45, 2.75) is 32.2 Å². The lowest BCUT2D eigenvalue weighted by molar-refractivity contribution is -0.141. The highest BCUT2D eigenvalue weighted by atomic mass is 32.1. The van der Waals surface area contributed by atoms with Crippen molar-refractivity contribution in [2.75, 3.05) is 7.11 Å². The number of ether oxygens (including phenoxy) is 1. The predicted octanol–water partition coefficient (Wildman–Crippen LogP) is 2.73. The fraction of sp³-hybridized carbons (Fsp3) is 0.400. The second kappa shape index (κ2) is 8.05. The van der Waals surface area contributed by atoms with Crippen molar-refractivity contribution in [3.8, 4) is 0 Å². The molecule has 1 N–H and O–H groups in total. The molecule has 1 atom stereocenters. The van der Waals surface area contributed by atoms with Crippen molar-refractivity contribution < 1.29 is 14.3 Å². The molecular formula is C15H18N2O3S2. The van der Waals surface area contributed by atoms with Gasteiger partial charge < -0.3 is 10.1 Å². The zero-order chi connectivity index (χ0) is 15.9. The summed E-state index contributed by atoms with van der Waals surface area (Å²) in [5.74, 6) is -0.490. The summed E-state index contributed by atoms with van der Waals surface area (Å²) in [5, 5.41) is 7.73. The molecule has 5 nitrogen and oxygen atoms in total. The van der Waals surface area contributed by atoms with Gasteiger partial charge in [0, 0.05) is 10.3 Å². The number of thiazole rings is 1. The molecule has 0 fully saturated rings. The summed E-state index contributed by atoms with van der Waals surface area (Å²) in [6.45, 7) is 2.03.